The zero-order valence-corrected chi connectivity index (χ0v) is 9.31. The van der Waals surface area contributed by atoms with Crippen LogP contribution in [0, 0.1) is 11.3 Å². The van der Waals surface area contributed by atoms with Crippen molar-refractivity contribution in [1.82, 2.24) is 4.98 Å². The molecule has 0 aliphatic heterocycles. The SMILES string of the molecule is N#Cc1cc(Br)c(C(=O)Cl)nc1C(F)F. The molecule has 0 aliphatic carbocycles. The molecule has 0 atom stereocenters. The second-order valence-electron chi connectivity index (χ2n) is 2.44. The number of pyridine rings is 1. The number of hydrogen-bond acceptors (Lipinski definition) is 3. The first-order valence-corrected chi connectivity index (χ1v) is 4.73. The van der Waals surface area contributed by atoms with E-state index in [1.54, 1.807) is 6.07 Å². The third-order valence-corrected chi connectivity index (χ3v) is 2.30. The van der Waals surface area contributed by atoms with Gasteiger partial charge in [0, 0.05) is 4.47 Å². The lowest BCUT2D eigenvalue weighted by Crippen LogP contribution is -2.03. The van der Waals surface area contributed by atoms with Gasteiger partial charge < -0.3 is 0 Å². The summed E-state index contributed by atoms with van der Waals surface area (Å²) in [7, 11) is 0. The lowest BCUT2D eigenvalue weighted by molar-refractivity contribution is 0.107. The minimum Gasteiger partial charge on any atom is -0.274 e. The molecule has 78 valence electrons. The highest BCUT2D eigenvalue weighted by Crippen LogP contribution is 2.26. The Labute approximate surface area is 96.8 Å². The van der Waals surface area contributed by atoms with Crippen LogP contribution in [-0.4, -0.2) is 10.2 Å². The van der Waals surface area contributed by atoms with Crippen molar-refractivity contribution < 1.29 is 13.6 Å². The molecule has 0 spiro atoms. The standard InChI is InChI=1S/C8H2BrClF2N2O/c9-4-1-3(2-13)5(8(11)12)14-6(4)7(10)15/h1,8H. The fourth-order valence-corrected chi connectivity index (χ4v) is 1.65. The number of aromatic nitrogens is 1. The molecule has 7 heteroatoms. The van der Waals surface area contributed by atoms with Crippen LogP contribution >= 0.6 is 27.5 Å². The number of carbonyl (C=O) groups excluding carboxylic acids is 1. The van der Waals surface area contributed by atoms with Crippen LogP contribution in [-0.2, 0) is 0 Å². The summed E-state index contributed by atoms with van der Waals surface area (Å²) in [5.41, 5.74) is -1.37. The quantitative estimate of drug-likeness (QED) is 0.788. The molecule has 0 fully saturated rings. The molecule has 1 heterocycles. The van der Waals surface area contributed by atoms with E-state index < -0.39 is 17.4 Å². The van der Waals surface area contributed by atoms with Crippen LogP contribution in [0.3, 0.4) is 0 Å². The summed E-state index contributed by atoms with van der Waals surface area (Å²) >= 11 is 8.03. The molecule has 0 aliphatic rings. The van der Waals surface area contributed by atoms with Gasteiger partial charge in [-0.1, -0.05) is 0 Å². The zero-order valence-electron chi connectivity index (χ0n) is 6.97. The Balaban J connectivity index is 3.45. The summed E-state index contributed by atoms with van der Waals surface area (Å²) in [6.45, 7) is 0. The Morgan fingerprint density at radius 1 is 1.67 bits per heavy atom. The summed E-state index contributed by atoms with van der Waals surface area (Å²) in [6.07, 6.45) is -2.93. The lowest BCUT2D eigenvalue weighted by Gasteiger charge is -2.04. The molecule has 1 rings (SSSR count). The Hall–Kier alpha value is -1.06. The van der Waals surface area contributed by atoms with Crippen molar-refractivity contribution in [1.29, 1.82) is 5.26 Å². The molecule has 0 bridgehead atoms. The molecule has 0 unspecified atom stereocenters. The predicted molar refractivity (Wildman–Crippen MR) is 51.8 cm³/mol. The molecule has 1 aromatic heterocycles. The molecule has 15 heavy (non-hydrogen) atoms. The first-order valence-electron chi connectivity index (χ1n) is 3.56. The Kier molecular flexibility index (Phi) is 3.72. The molecule has 1 aromatic rings. The minimum absolute atomic E-state index is 0.114. The van der Waals surface area contributed by atoms with Crippen molar-refractivity contribution in [3.8, 4) is 6.07 Å². The average molecular weight is 295 g/mol. The maximum absolute atomic E-state index is 12.4. The summed E-state index contributed by atoms with van der Waals surface area (Å²) < 4.78 is 24.9. The minimum atomic E-state index is -2.93. The highest BCUT2D eigenvalue weighted by molar-refractivity contribution is 9.10. The van der Waals surface area contributed by atoms with Crippen molar-refractivity contribution in [2.45, 2.75) is 6.43 Å². The monoisotopic (exact) mass is 294 g/mol. The van der Waals surface area contributed by atoms with Gasteiger partial charge in [0.25, 0.3) is 11.7 Å². The van der Waals surface area contributed by atoms with E-state index in [1.165, 1.54) is 0 Å². The molecular weight excluding hydrogens is 293 g/mol. The van der Waals surface area contributed by atoms with Gasteiger partial charge in [-0.2, -0.15) is 5.26 Å². The number of nitriles is 1. The highest BCUT2D eigenvalue weighted by atomic mass is 79.9. The second-order valence-corrected chi connectivity index (χ2v) is 3.64. The van der Waals surface area contributed by atoms with E-state index in [-0.39, 0.29) is 15.7 Å². The van der Waals surface area contributed by atoms with E-state index in [0.717, 1.165) is 6.07 Å². The normalized spacial score (nSPS) is 10.1. The number of carbonyl (C=O) groups is 1. The highest BCUT2D eigenvalue weighted by Gasteiger charge is 2.20. The maximum atomic E-state index is 12.4. The Morgan fingerprint density at radius 2 is 2.27 bits per heavy atom. The summed E-state index contributed by atoms with van der Waals surface area (Å²) in [4.78, 5) is 14.1. The van der Waals surface area contributed by atoms with Gasteiger partial charge in [-0.3, -0.25) is 4.79 Å². The summed E-state index contributed by atoms with van der Waals surface area (Å²) in [5, 5.41) is 7.59. The van der Waals surface area contributed by atoms with Crippen LogP contribution in [0.4, 0.5) is 8.78 Å². The first-order chi connectivity index (χ1) is 6.97. The van der Waals surface area contributed by atoms with Gasteiger partial charge in [0.2, 0.25) is 0 Å². The van der Waals surface area contributed by atoms with E-state index in [9.17, 15) is 13.6 Å². The summed E-state index contributed by atoms with van der Waals surface area (Å²) in [6, 6.07) is 2.64. The van der Waals surface area contributed by atoms with E-state index in [0.29, 0.717) is 0 Å². The van der Waals surface area contributed by atoms with Crippen LogP contribution in [0.25, 0.3) is 0 Å². The molecule has 0 N–H and O–H groups in total. The summed E-state index contributed by atoms with van der Waals surface area (Å²) in [5.74, 6) is 0. The zero-order chi connectivity index (χ0) is 11.6. The van der Waals surface area contributed by atoms with Crippen LogP contribution < -0.4 is 0 Å². The van der Waals surface area contributed by atoms with Crippen LogP contribution in [0.5, 0.6) is 0 Å². The van der Waals surface area contributed by atoms with Gasteiger partial charge in [0.1, 0.15) is 17.5 Å². The largest absolute Gasteiger partial charge is 0.281 e. The number of halogens is 4. The topological polar surface area (TPSA) is 53.8 Å². The molecule has 0 radical (unpaired) electrons. The smallest absolute Gasteiger partial charge is 0.274 e. The molecule has 0 amide bonds. The molecule has 3 nitrogen and oxygen atoms in total. The van der Waals surface area contributed by atoms with Crippen molar-refractivity contribution in [2.24, 2.45) is 0 Å². The van der Waals surface area contributed by atoms with Crippen LogP contribution in [0.2, 0.25) is 0 Å². The predicted octanol–water partition coefficient (Wildman–Crippen LogP) is 3.03. The number of alkyl halides is 2. The van der Waals surface area contributed by atoms with E-state index in [1.807, 2.05) is 0 Å². The fourth-order valence-electron chi connectivity index (χ4n) is 0.897. The molecule has 0 saturated carbocycles. The maximum Gasteiger partial charge on any atom is 0.281 e. The lowest BCUT2D eigenvalue weighted by atomic mass is 10.2. The van der Waals surface area contributed by atoms with E-state index in [2.05, 4.69) is 20.9 Å². The van der Waals surface area contributed by atoms with Gasteiger partial charge in [0.15, 0.2) is 0 Å². The van der Waals surface area contributed by atoms with Crippen molar-refractivity contribution in [3.05, 3.63) is 27.5 Å². The number of rotatable bonds is 2. The van der Waals surface area contributed by atoms with Gasteiger partial charge in [-0.05, 0) is 33.6 Å². The first kappa shape index (κ1) is 12.0. The average Bonchev–Trinajstić information content (AvgIpc) is 2.16. The number of hydrogen-bond donors (Lipinski definition) is 0. The second kappa shape index (κ2) is 4.64. The molecular formula is C8H2BrClF2N2O. The third-order valence-electron chi connectivity index (χ3n) is 1.52. The Bertz CT molecular complexity index is 459. The van der Waals surface area contributed by atoms with Crippen LogP contribution in [0.1, 0.15) is 28.2 Å². The Morgan fingerprint density at radius 3 is 2.67 bits per heavy atom. The van der Waals surface area contributed by atoms with Crippen molar-refractivity contribution >= 4 is 32.8 Å². The molecule has 0 aromatic carbocycles. The van der Waals surface area contributed by atoms with Gasteiger partial charge in [-0.15, -0.1) is 0 Å². The number of nitrogens with zero attached hydrogens (tertiary/aromatic N) is 2. The van der Waals surface area contributed by atoms with Gasteiger partial charge in [0.05, 0.1) is 5.56 Å². The van der Waals surface area contributed by atoms with Crippen LogP contribution in [0.15, 0.2) is 10.5 Å². The van der Waals surface area contributed by atoms with E-state index in [4.69, 9.17) is 16.9 Å². The van der Waals surface area contributed by atoms with Crippen molar-refractivity contribution in [2.75, 3.05) is 0 Å². The van der Waals surface area contributed by atoms with Crippen molar-refractivity contribution in [3.63, 3.8) is 0 Å². The third kappa shape index (κ3) is 2.49. The fraction of sp³-hybridized carbons (Fsp3) is 0.125. The van der Waals surface area contributed by atoms with Gasteiger partial charge >= 0.3 is 0 Å². The van der Waals surface area contributed by atoms with E-state index >= 15 is 0 Å². The molecule has 0 saturated heterocycles. The van der Waals surface area contributed by atoms with Gasteiger partial charge in [-0.25, -0.2) is 13.8 Å².